The molecular weight excluding hydrogens is 372 g/mol. The first kappa shape index (κ1) is 20.8. The van der Waals surface area contributed by atoms with Gasteiger partial charge in [0.25, 0.3) is 5.56 Å². The normalized spacial score (nSPS) is 16.1. The van der Waals surface area contributed by atoms with Gasteiger partial charge in [0.15, 0.2) is 0 Å². The summed E-state index contributed by atoms with van der Waals surface area (Å²) in [5.41, 5.74) is 0.435. The number of benzene rings is 1. The van der Waals surface area contributed by atoms with Crippen molar-refractivity contribution in [3.05, 3.63) is 74.6 Å². The molecule has 1 aliphatic rings. The van der Waals surface area contributed by atoms with Gasteiger partial charge in [-0.25, -0.2) is 4.79 Å². The Morgan fingerprint density at radius 2 is 1.86 bits per heavy atom. The van der Waals surface area contributed by atoms with Crippen molar-refractivity contribution in [2.24, 2.45) is 14.1 Å². The fourth-order valence-electron chi connectivity index (χ4n) is 3.30. The molecule has 0 saturated carbocycles. The number of hydrogen-bond donors (Lipinski definition) is 1. The lowest BCUT2D eigenvalue weighted by molar-refractivity contribution is -0.117. The number of carbonyl (C=O) groups is 1. The second-order valence-electron chi connectivity index (χ2n) is 7.06. The highest BCUT2D eigenvalue weighted by atomic mass is 16.5. The van der Waals surface area contributed by atoms with Crippen LogP contribution in [0.2, 0.25) is 0 Å². The van der Waals surface area contributed by atoms with Gasteiger partial charge >= 0.3 is 5.69 Å². The maximum absolute atomic E-state index is 12.6. The highest BCUT2D eigenvalue weighted by Crippen LogP contribution is 2.15. The largest absolute Gasteiger partial charge is 0.379 e. The van der Waals surface area contributed by atoms with Crippen LogP contribution in [-0.2, 0) is 23.6 Å². The van der Waals surface area contributed by atoms with E-state index in [0.717, 1.165) is 23.2 Å². The average Bonchev–Trinajstić information content (AvgIpc) is 2.75. The number of rotatable bonds is 6. The summed E-state index contributed by atoms with van der Waals surface area (Å²) >= 11 is 0. The van der Waals surface area contributed by atoms with E-state index in [-0.39, 0.29) is 17.5 Å². The lowest BCUT2D eigenvalue weighted by Crippen LogP contribution is -2.42. The molecule has 2 heterocycles. The van der Waals surface area contributed by atoms with Crippen LogP contribution in [0.15, 0.2) is 52.2 Å². The van der Waals surface area contributed by atoms with E-state index < -0.39 is 11.2 Å². The summed E-state index contributed by atoms with van der Waals surface area (Å²) in [7, 11) is 2.97. The number of nitrogens with zero attached hydrogens (tertiary/aromatic N) is 3. The first-order valence-electron chi connectivity index (χ1n) is 9.56. The van der Waals surface area contributed by atoms with Gasteiger partial charge in [-0.15, -0.1) is 0 Å². The SMILES string of the molecule is Cn1cc(/C=C/C(=O)NC(CN2CCOCC2)c2ccccc2)c(=O)n(C)c1=O. The van der Waals surface area contributed by atoms with Crippen LogP contribution in [-0.4, -0.2) is 52.8 Å². The second kappa shape index (κ2) is 9.49. The molecule has 154 valence electrons. The van der Waals surface area contributed by atoms with E-state index in [1.165, 1.54) is 30.0 Å². The van der Waals surface area contributed by atoms with Crippen LogP contribution in [0.5, 0.6) is 0 Å². The number of aromatic nitrogens is 2. The number of morpholine rings is 1. The summed E-state index contributed by atoms with van der Waals surface area (Å²) < 4.78 is 7.72. The number of carbonyl (C=O) groups excluding carboxylic acids is 1. The molecule has 1 aromatic heterocycles. The zero-order valence-corrected chi connectivity index (χ0v) is 16.7. The van der Waals surface area contributed by atoms with Crippen molar-refractivity contribution >= 4 is 12.0 Å². The minimum atomic E-state index is -0.440. The first-order valence-corrected chi connectivity index (χ1v) is 9.56. The maximum atomic E-state index is 12.6. The third-order valence-corrected chi connectivity index (χ3v) is 4.95. The Morgan fingerprint density at radius 1 is 1.17 bits per heavy atom. The third kappa shape index (κ3) is 5.30. The van der Waals surface area contributed by atoms with Crippen LogP contribution >= 0.6 is 0 Å². The Kier molecular flexibility index (Phi) is 6.79. The quantitative estimate of drug-likeness (QED) is 0.707. The molecule has 8 heteroatoms. The van der Waals surface area contributed by atoms with Gasteiger partial charge < -0.3 is 14.6 Å². The summed E-state index contributed by atoms with van der Waals surface area (Å²) in [6.45, 7) is 3.69. The minimum Gasteiger partial charge on any atom is -0.379 e. The van der Waals surface area contributed by atoms with E-state index in [4.69, 9.17) is 4.74 Å². The monoisotopic (exact) mass is 398 g/mol. The smallest absolute Gasteiger partial charge is 0.330 e. The standard InChI is InChI=1S/C21H26N4O4/c1-23-14-17(20(27)24(2)21(23)28)8-9-19(26)22-18(16-6-4-3-5-7-16)15-25-10-12-29-13-11-25/h3-9,14,18H,10-13,15H2,1-2H3,(H,22,26)/b9-8+. The summed E-state index contributed by atoms with van der Waals surface area (Å²) in [4.78, 5) is 38.8. The molecule has 8 nitrogen and oxygen atoms in total. The van der Waals surface area contributed by atoms with Crippen LogP contribution in [0.1, 0.15) is 17.2 Å². The van der Waals surface area contributed by atoms with E-state index in [1.807, 2.05) is 30.3 Å². The molecular formula is C21H26N4O4. The van der Waals surface area contributed by atoms with E-state index in [9.17, 15) is 14.4 Å². The Balaban J connectivity index is 1.75. The van der Waals surface area contributed by atoms with Gasteiger partial charge in [-0.3, -0.25) is 19.1 Å². The van der Waals surface area contributed by atoms with Gasteiger partial charge in [0.05, 0.1) is 24.8 Å². The predicted molar refractivity (Wildman–Crippen MR) is 111 cm³/mol. The van der Waals surface area contributed by atoms with Crippen molar-refractivity contribution in [3.63, 3.8) is 0 Å². The molecule has 0 bridgehead atoms. The predicted octanol–water partition coefficient (Wildman–Crippen LogP) is 0.287. The average molecular weight is 398 g/mol. The fraction of sp³-hybridized carbons (Fsp3) is 0.381. The van der Waals surface area contributed by atoms with Crippen LogP contribution < -0.4 is 16.6 Å². The molecule has 1 saturated heterocycles. The Bertz CT molecular complexity index is 988. The van der Waals surface area contributed by atoms with Crippen molar-refractivity contribution in [2.45, 2.75) is 6.04 Å². The summed E-state index contributed by atoms with van der Waals surface area (Å²) in [6, 6.07) is 9.60. The van der Waals surface area contributed by atoms with Gasteiger partial charge in [0, 0.05) is 46.0 Å². The molecule has 1 unspecified atom stereocenters. The molecule has 0 aliphatic carbocycles. The number of ether oxygens (including phenoxy) is 1. The molecule has 1 aliphatic heterocycles. The van der Waals surface area contributed by atoms with Crippen molar-refractivity contribution in [1.82, 2.24) is 19.4 Å². The van der Waals surface area contributed by atoms with Crippen molar-refractivity contribution in [1.29, 1.82) is 0 Å². The molecule has 1 amide bonds. The topological polar surface area (TPSA) is 85.6 Å². The Morgan fingerprint density at radius 3 is 2.55 bits per heavy atom. The Hall–Kier alpha value is -2.97. The molecule has 1 fully saturated rings. The van der Waals surface area contributed by atoms with Crippen LogP contribution in [0, 0.1) is 0 Å². The zero-order valence-electron chi connectivity index (χ0n) is 16.7. The lowest BCUT2D eigenvalue weighted by atomic mass is 10.1. The second-order valence-corrected chi connectivity index (χ2v) is 7.06. The summed E-state index contributed by atoms with van der Waals surface area (Å²) in [6.07, 6.45) is 4.20. The van der Waals surface area contributed by atoms with Crippen molar-refractivity contribution in [2.75, 3.05) is 32.8 Å². The zero-order chi connectivity index (χ0) is 20.8. The van der Waals surface area contributed by atoms with Crippen LogP contribution in [0.25, 0.3) is 6.08 Å². The molecule has 1 N–H and O–H groups in total. The highest BCUT2D eigenvalue weighted by Gasteiger charge is 2.19. The van der Waals surface area contributed by atoms with Gasteiger partial charge in [0.1, 0.15) is 0 Å². The third-order valence-electron chi connectivity index (χ3n) is 4.95. The van der Waals surface area contributed by atoms with Gasteiger partial charge in [-0.1, -0.05) is 30.3 Å². The number of nitrogens with one attached hydrogen (secondary N) is 1. The Labute approximate surface area is 169 Å². The van der Waals surface area contributed by atoms with Crippen molar-refractivity contribution in [3.8, 4) is 0 Å². The van der Waals surface area contributed by atoms with Crippen LogP contribution in [0.3, 0.4) is 0 Å². The van der Waals surface area contributed by atoms with Crippen molar-refractivity contribution < 1.29 is 9.53 Å². The van der Waals surface area contributed by atoms with Gasteiger partial charge in [-0.2, -0.15) is 0 Å². The molecule has 1 atom stereocenters. The summed E-state index contributed by atoms with van der Waals surface area (Å²) in [5, 5.41) is 3.03. The maximum Gasteiger partial charge on any atom is 0.330 e. The summed E-state index contributed by atoms with van der Waals surface area (Å²) in [5.74, 6) is -0.303. The lowest BCUT2D eigenvalue weighted by Gasteiger charge is -2.31. The molecule has 0 radical (unpaired) electrons. The van der Waals surface area contributed by atoms with Gasteiger partial charge in [-0.05, 0) is 11.6 Å². The first-order chi connectivity index (χ1) is 14.0. The van der Waals surface area contributed by atoms with E-state index in [0.29, 0.717) is 19.8 Å². The molecule has 29 heavy (non-hydrogen) atoms. The molecule has 0 spiro atoms. The van der Waals surface area contributed by atoms with E-state index >= 15 is 0 Å². The fourth-order valence-corrected chi connectivity index (χ4v) is 3.30. The molecule has 3 rings (SSSR count). The number of hydrogen-bond acceptors (Lipinski definition) is 5. The highest BCUT2D eigenvalue weighted by molar-refractivity contribution is 5.91. The molecule has 1 aromatic carbocycles. The van der Waals surface area contributed by atoms with Gasteiger partial charge in [0.2, 0.25) is 5.91 Å². The van der Waals surface area contributed by atoms with Crippen LogP contribution in [0.4, 0.5) is 0 Å². The number of amides is 1. The minimum absolute atomic E-state index is 0.186. The molecule has 2 aromatic rings. The van der Waals surface area contributed by atoms with E-state index in [1.54, 1.807) is 7.05 Å². The van der Waals surface area contributed by atoms with E-state index in [2.05, 4.69) is 10.2 Å². The number of aryl methyl sites for hydroxylation is 1.